The number of hydrogen-bond donors (Lipinski definition) is 9. The standard InChI is InChI=1S/C35H47N5O14/c1-34(2,3)37-11-17(41)38-15-10-16(39(4)5)13-8-12-9-14-21(40(6)7)24(44)20(31(36)49)29(48)35(14,52)30(18(12)23(43)19(13)22(15)42)54-33-27(47)25(45)26(46)28(53-33)32(50)51/h10,12,14,20-21,25-28,33,37,42,45-47,52H,8-9,11H2,1-7H3,(H2,36,49)(H,38,41)(H,50,51)/t12-,14-,20?,21+,25-,26-,27+,28-,33-,35+/m0/s1. The molecule has 296 valence electrons. The summed E-state index contributed by atoms with van der Waals surface area (Å²) in [6.07, 6.45) is -11.4. The fourth-order valence-electron chi connectivity index (χ4n) is 7.87. The largest absolute Gasteiger partial charge is 0.505 e. The normalized spacial score (nSPS) is 32.4. The average molecular weight is 762 g/mol. The van der Waals surface area contributed by atoms with E-state index >= 15 is 0 Å². The van der Waals surface area contributed by atoms with Crippen molar-refractivity contribution in [1.82, 2.24) is 10.2 Å². The molecule has 1 aromatic carbocycles. The zero-order chi connectivity index (χ0) is 40.5. The van der Waals surface area contributed by atoms with Crippen LogP contribution in [0.5, 0.6) is 5.75 Å². The maximum absolute atomic E-state index is 14.9. The molecule has 1 heterocycles. The number of amides is 2. The first kappa shape index (κ1) is 40.7. The number of carbonyl (C=O) groups excluding carboxylic acids is 5. The van der Waals surface area contributed by atoms with Crippen LogP contribution < -0.4 is 21.3 Å². The number of phenols is 1. The molecule has 1 saturated heterocycles. The molecule has 0 radical (unpaired) electrons. The highest BCUT2D eigenvalue weighted by molar-refractivity contribution is 6.25. The van der Waals surface area contributed by atoms with E-state index in [0.29, 0.717) is 11.3 Å². The number of carboxylic acids is 1. The number of nitrogens with one attached hydrogen (secondary N) is 2. The van der Waals surface area contributed by atoms with Gasteiger partial charge in [0.1, 0.15) is 24.1 Å². The number of hydrogen-bond acceptors (Lipinski definition) is 16. The minimum Gasteiger partial charge on any atom is -0.505 e. The van der Waals surface area contributed by atoms with Crippen LogP contribution in [0.3, 0.4) is 0 Å². The third kappa shape index (κ3) is 6.73. The molecule has 1 unspecified atom stereocenters. The summed E-state index contributed by atoms with van der Waals surface area (Å²) in [5.74, 6) is -13.4. The van der Waals surface area contributed by atoms with Gasteiger partial charge in [-0.05, 0) is 65.3 Å². The minimum atomic E-state index is -3.03. The first-order chi connectivity index (χ1) is 24.9. The van der Waals surface area contributed by atoms with Crippen LogP contribution in [0.15, 0.2) is 17.4 Å². The molecule has 4 aliphatic rings. The number of phenolic OH excluding ortho intramolecular Hbond substituents is 1. The minimum absolute atomic E-state index is 0.0777. The first-order valence-electron chi connectivity index (χ1n) is 17.2. The van der Waals surface area contributed by atoms with Crippen LogP contribution in [0.1, 0.15) is 43.1 Å². The zero-order valence-corrected chi connectivity index (χ0v) is 30.8. The van der Waals surface area contributed by atoms with E-state index < -0.39 is 118 Å². The smallest absolute Gasteiger partial charge is 0.335 e. The Hall–Kier alpha value is -4.50. The van der Waals surface area contributed by atoms with Gasteiger partial charge in [-0.25, -0.2) is 4.79 Å². The fourth-order valence-corrected chi connectivity index (χ4v) is 7.87. The van der Waals surface area contributed by atoms with Crippen molar-refractivity contribution < 1.29 is 68.9 Å². The van der Waals surface area contributed by atoms with Crippen LogP contribution in [-0.4, -0.2) is 153 Å². The lowest BCUT2D eigenvalue weighted by atomic mass is 9.56. The summed E-state index contributed by atoms with van der Waals surface area (Å²) in [6.45, 7) is 5.36. The number of aromatic hydroxyl groups is 1. The third-order valence-corrected chi connectivity index (χ3v) is 10.4. The SMILES string of the molecule is CN(C)c1cc(NC(=O)CNC(C)(C)C)c(O)c2c1C[C@H]1C[C@H]3[C@@H](N(C)C)C(=O)C(C(N)=O)C(=O)[C@@]3(O)C(O[C@@H]3O[C@H](C(=O)O)[C@@H](O)[C@H](O)[C@H]3O)=C1C2=O. The van der Waals surface area contributed by atoms with Crippen LogP contribution in [0.2, 0.25) is 0 Å². The number of aliphatic carboxylic acids is 1. The van der Waals surface area contributed by atoms with Gasteiger partial charge in [0, 0.05) is 36.8 Å². The predicted octanol–water partition coefficient (Wildman–Crippen LogP) is -2.76. The molecule has 54 heavy (non-hydrogen) atoms. The Balaban J connectivity index is 1.76. The number of fused-ring (bicyclic) bond motifs is 3. The Morgan fingerprint density at radius 3 is 2.22 bits per heavy atom. The lowest BCUT2D eigenvalue weighted by Gasteiger charge is -2.53. The molecule has 10 N–H and O–H groups in total. The van der Waals surface area contributed by atoms with Gasteiger partial charge in [-0.15, -0.1) is 0 Å². The monoisotopic (exact) mass is 761 g/mol. The van der Waals surface area contributed by atoms with E-state index in [1.54, 1.807) is 19.0 Å². The number of ether oxygens (including phenoxy) is 2. The summed E-state index contributed by atoms with van der Waals surface area (Å²) >= 11 is 0. The van der Waals surface area contributed by atoms with Gasteiger partial charge in [-0.1, -0.05) is 0 Å². The lowest BCUT2D eigenvalue weighted by Crippen LogP contribution is -2.70. The maximum atomic E-state index is 14.9. The number of nitrogens with two attached hydrogens (primary N) is 1. The van der Waals surface area contributed by atoms with Crippen molar-refractivity contribution >= 4 is 46.5 Å². The second kappa shape index (κ2) is 14.3. The van der Waals surface area contributed by atoms with Crippen LogP contribution in [-0.2, 0) is 39.9 Å². The van der Waals surface area contributed by atoms with Gasteiger partial charge in [0.25, 0.3) is 0 Å². The van der Waals surface area contributed by atoms with Crippen molar-refractivity contribution in [2.75, 3.05) is 45.0 Å². The Bertz CT molecular complexity index is 1820. The zero-order valence-electron chi connectivity index (χ0n) is 30.8. The van der Waals surface area contributed by atoms with Gasteiger partial charge < -0.3 is 61.4 Å². The number of ketones is 3. The first-order valence-corrected chi connectivity index (χ1v) is 17.2. The fraction of sp³-hybridized carbons (Fsp3) is 0.600. The van der Waals surface area contributed by atoms with E-state index in [1.807, 2.05) is 20.8 Å². The van der Waals surface area contributed by atoms with Gasteiger partial charge in [0.2, 0.25) is 18.1 Å². The highest BCUT2D eigenvalue weighted by Gasteiger charge is 2.67. The van der Waals surface area contributed by atoms with Gasteiger partial charge in [0.05, 0.1) is 23.8 Å². The number of Topliss-reactive ketones (excluding diaryl/α,β-unsaturated/α-hetero) is 3. The van der Waals surface area contributed by atoms with E-state index in [1.165, 1.54) is 25.1 Å². The van der Waals surface area contributed by atoms with E-state index in [4.69, 9.17) is 15.2 Å². The average Bonchev–Trinajstić information content (AvgIpc) is 3.05. The molecule has 0 bridgehead atoms. The molecule has 19 heteroatoms. The van der Waals surface area contributed by atoms with Crippen molar-refractivity contribution in [3.05, 3.63) is 28.5 Å². The van der Waals surface area contributed by atoms with E-state index in [-0.39, 0.29) is 30.6 Å². The molecule has 0 aromatic heterocycles. The molecule has 2 fully saturated rings. The molecule has 2 amide bonds. The van der Waals surface area contributed by atoms with E-state index in [0.717, 1.165) is 0 Å². The molecule has 5 rings (SSSR count). The van der Waals surface area contributed by atoms with Gasteiger partial charge >= 0.3 is 5.97 Å². The van der Waals surface area contributed by atoms with Crippen LogP contribution in [0, 0.1) is 17.8 Å². The molecule has 10 atom stereocenters. The van der Waals surface area contributed by atoms with Crippen LogP contribution in [0.25, 0.3) is 0 Å². The van der Waals surface area contributed by atoms with Gasteiger partial charge in [0.15, 0.2) is 40.7 Å². The second-order valence-corrected chi connectivity index (χ2v) is 15.6. The summed E-state index contributed by atoms with van der Waals surface area (Å²) < 4.78 is 11.3. The summed E-state index contributed by atoms with van der Waals surface area (Å²) in [5, 5.41) is 71.3. The number of nitrogens with zero attached hydrogens (tertiary/aromatic N) is 2. The number of aliphatic hydroxyl groups excluding tert-OH is 3. The second-order valence-electron chi connectivity index (χ2n) is 15.6. The molecule has 1 aliphatic heterocycles. The number of benzene rings is 1. The van der Waals surface area contributed by atoms with Crippen LogP contribution in [0.4, 0.5) is 11.4 Å². The Morgan fingerprint density at radius 2 is 1.69 bits per heavy atom. The Morgan fingerprint density at radius 1 is 1.06 bits per heavy atom. The molecule has 1 saturated carbocycles. The van der Waals surface area contributed by atoms with Gasteiger partial charge in [-0.3, -0.25) is 28.9 Å². The Labute approximate surface area is 309 Å². The predicted molar refractivity (Wildman–Crippen MR) is 186 cm³/mol. The molecule has 0 spiro atoms. The Kier molecular flexibility index (Phi) is 10.8. The topological polar surface area (TPSA) is 299 Å². The molecular weight excluding hydrogens is 714 g/mol. The maximum Gasteiger partial charge on any atom is 0.335 e. The van der Waals surface area contributed by atoms with Crippen molar-refractivity contribution in [3.63, 3.8) is 0 Å². The number of aliphatic hydroxyl groups is 4. The number of carbonyl (C=O) groups is 6. The highest BCUT2D eigenvalue weighted by Crippen LogP contribution is 2.55. The highest BCUT2D eigenvalue weighted by atomic mass is 16.7. The van der Waals surface area contributed by atoms with E-state index in [9.17, 15) is 59.4 Å². The third-order valence-electron chi connectivity index (χ3n) is 10.4. The summed E-state index contributed by atoms with van der Waals surface area (Å²) in [6, 6.07) is 0.0969. The molecular formula is C35H47N5O14. The van der Waals surface area contributed by atoms with Crippen molar-refractivity contribution in [2.45, 2.75) is 81.5 Å². The summed E-state index contributed by atoms with van der Waals surface area (Å²) in [5.41, 5.74) is 1.78. The number of likely N-dealkylation sites (N-methyl/N-ethyl adjacent to an activating group) is 1. The quantitative estimate of drug-likeness (QED) is 0.0909. The number of primary amides is 1. The molecule has 19 nitrogen and oxygen atoms in total. The van der Waals surface area contributed by atoms with Gasteiger partial charge in [-0.2, -0.15) is 0 Å². The number of rotatable bonds is 9. The number of allylic oxidation sites excluding steroid dienone is 1. The summed E-state index contributed by atoms with van der Waals surface area (Å²) in [7, 11) is 6.23. The molecule has 1 aromatic rings. The number of anilines is 2. The summed E-state index contributed by atoms with van der Waals surface area (Å²) in [4.78, 5) is 83.4. The van der Waals surface area contributed by atoms with Crippen molar-refractivity contribution in [2.24, 2.45) is 23.5 Å². The van der Waals surface area contributed by atoms with E-state index in [2.05, 4.69) is 10.6 Å². The number of carboxylic acid groups (broad SMARTS) is 1. The van der Waals surface area contributed by atoms with Crippen molar-refractivity contribution in [1.29, 1.82) is 0 Å². The molecule has 3 aliphatic carbocycles. The van der Waals surface area contributed by atoms with Crippen LogP contribution >= 0.6 is 0 Å². The lowest BCUT2D eigenvalue weighted by molar-refractivity contribution is -0.291. The van der Waals surface area contributed by atoms with Crippen molar-refractivity contribution in [3.8, 4) is 5.75 Å².